The topological polar surface area (TPSA) is 46.1 Å². The summed E-state index contributed by atoms with van der Waals surface area (Å²) in [5.41, 5.74) is 0. The summed E-state index contributed by atoms with van der Waals surface area (Å²) >= 11 is 5.76. The van der Waals surface area contributed by atoms with Gasteiger partial charge in [-0.2, -0.15) is 0 Å². The predicted molar refractivity (Wildman–Crippen MR) is 61.0 cm³/mol. The van der Waals surface area contributed by atoms with Gasteiger partial charge < -0.3 is 10.2 Å². The molecule has 0 aliphatic heterocycles. The minimum Gasteiger partial charge on any atom is -0.844 e. The van der Waals surface area contributed by atoms with E-state index in [2.05, 4.69) is 31.9 Å². The van der Waals surface area contributed by atoms with Crippen LogP contribution in [0, 0.1) is 0 Å². The van der Waals surface area contributed by atoms with Crippen molar-refractivity contribution >= 4 is 54.9 Å². The Morgan fingerprint density at radius 1 is 0.923 bits per heavy atom. The fraction of sp³-hybridized carbons (Fsp3) is 1.00. The molecule has 5 heteroatoms. The Labute approximate surface area is 114 Å². The number of halogens is 2. The fourth-order valence-corrected chi connectivity index (χ4v) is 1.37. The van der Waals surface area contributed by atoms with Crippen molar-refractivity contribution < 1.29 is 10.2 Å². The van der Waals surface area contributed by atoms with Gasteiger partial charge in [0.2, 0.25) is 0 Å². The second kappa shape index (κ2) is 16.1. The molecule has 0 saturated carbocycles. The van der Waals surface area contributed by atoms with Crippen LogP contribution < -0.4 is 10.2 Å². The van der Waals surface area contributed by atoms with Gasteiger partial charge >= 0.3 is 23.1 Å². The molecule has 0 spiro atoms. The molecule has 76 valence electrons. The molecule has 2 nitrogen and oxygen atoms in total. The van der Waals surface area contributed by atoms with Gasteiger partial charge in [0.05, 0.1) is 0 Å². The number of hydrogen-bond acceptors (Lipinski definition) is 2. The monoisotopic (exact) mass is 326 g/mol. The zero-order valence-electron chi connectivity index (χ0n) is 8.26. The summed E-state index contributed by atoms with van der Waals surface area (Å²) in [6, 6.07) is 0. The van der Waals surface area contributed by atoms with E-state index in [9.17, 15) is 10.2 Å². The summed E-state index contributed by atoms with van der Waals surface area (Å²) in [6.45, 7) is 3.98. The zero-order chi connectivity index (χ0) is 9.98. The van der Waals surface area contributed by atoms with E-state index < -0.39 is 10.0 Å². The standard InChI is InChI=1S/2C4H8BrO.Mg/c2*1-2-3-4(5)6;/h2*4H,2-3H2,1H3;/q2*-1;+2. The molecule has 0 aliphatic rings. The van der Waals surface area contributed by atoms with Crippen LogP contribution in [0.25, 0.3) is 0 Å². The van der Waals surface area contributed by atoms with Crippen molar-refractivity contribution in [1.29, 1.82) is 0 Å². The number of alkyl halides is 2. The summed E-state index contributed by atoms with van der Waals surface area (Å²) in [5.74, 6) is 0. The maximum atomic E-state index is 10.0. The van der Waals surface area contributed by atoms with E-state index >= 15 is 0 Å². The second-order valence-electron chi connectivity index (χ2n) is 2.40. The molecule has 0 radical (unpaired) electrons. The maximum Gasteiger partial charge on any atom is 2.00 e. The Morgan fingerprint density at radius 2 is 1.15 bits per heavy atom. The number of rotatable bonds is 4. The Balaban J connectivity index is -0.000000143. The van der Waals surface area contributed by atoms with Crippen LogP contribution in [0.3, 0.4) is 0 Å². The molecule has 0 rings (SSSR count). The second-order valence-corrected chi connectivity index (χ2v) is 4.44. The van der Waals surface area contributed by atoms with Crippen LogP contribution in [0.15, 0.2) is 0 Å². The molecule has 2 atom stereocenters. The van der Waals surface area contributed by atoms with Gasteiger partial charge in [0.25, 0.3) is 0 Å². The summed E-state index contributed by atoms with van der Waals surface area (Å²) in [7, 11) is 0. The van der Waals surface area contributed by atoms with Gasteiger partial charge in [-0.15, -0.1) is 31.9 Å². The predicted octanol–water partition coefficient (Wildman–Crippen LogP) is 1.35. The van der Waals surface area contributed by atoms with Crippen molar-refractivity contribution in [3.05, 3.63) is 0 Å². The normalized spacial score (nSPS) is 13.4. The van der Waals surface area contributed by atoms with Crippen LogP contribution in [0.2, 0.25) is 0 Å². The molecule has 0 amide bonds. The molecular formula is C8H16Br2MgO2. The van der Waals surface area contributed by atoms with Gasteiger partial charge in [-0.25, -0.2) is 0 Å². The quantitative estimate of drug-likeness (QED) is 0.578. The van der Waals surface area contributed by atoms with Gasteiger partial charge in [0.15, 0.2) is 0 Å². The minimum atomic E-state index is -0.539. The van der Waals surface area contributed by atoms with Crippen LogP contribution in [0.1, 0.15) is 39.5 Å². The van der Waals surface area contributed by atoms with E-state index in [0.29, 0.717) is 0 Å². The molecule has 0 heterocycles. The SMILES string of the molecule is CCCC([O-])Br.CCCC([O-])Br.[Mg+2]. The van der Waals surface area contributed by atoms with Gasteiger partial charge in [-0.1, -0.05) is 49.6 Å². The van der Waals surface area contributed by atoms with Crippen LogP contribution in [-0.4, -0.2) is 33.1 Å². The third kappa shape index (κ3) is 31.7. The average Bonchev–Trinajstić information content (AvgIpc) is 1.87. The van der Waals surface area contributed by atoms with E-state index in [4.69, 9.17) is 0 Å². The molecule has 0 bridgehead atoms. The van der Waals surface area contributed by atoms with Gasteiger partial charge in [-0.05, 0) is 0 Å². The third-order valence-electron chi connectivity index (χ3n) is 1.03. The smallest absolute Gasteiger partial charge is 0.844 e. The first-order valence-corrected chi connectivity index (χ1v) is 5.97. The van der Waals surface area contributed by atoms with Crippen molar-refractivity contribution in [1.82, 2.24) is 0 Å². The van der Waals surface area contributed by atoms with E-state index in [1.165, 1.54) is 0 Å². The molecule has 0 aromatic carbocycles. The van der Waals surface area contributed by atoms with Crippen molar-refractivity contribution in [3.63, 3.8) is 0 Å². The van der Waals surface area contributed by atoms with Crippen LogP contribution in [-0.2, 0) is 0 Å². The first kappa shape index (κ1) is 20.1. The van der Waals surface area contributed by atoms with Gasteiger partial charge in [-0.3, -0.25) is 0 Å². The molecule has 0 aromatic heterocycles. The molecular weight excluding hydrogens is 312 g/mol. The Hall–Kier alpha value is 1.65. The molecule has 13 heavy (non-hydrogen) atoms. The zero-order valence-corrected chi connectivity index (χ0v) is 12.8. The Bertz CT molecular complexity index is 72.5. The van der Waals surface area contributed by atoms with Crippen molar-refractivity contribution in [2.45, 2.75) is 49.6 Å². The molecule has 0 N–H and O–H groups in total. The van der Waals surface area contributed by atoms with E-state index in [1.54, 1.807) is 0 Å². The van der Waals surface area contributed by atoms with Crippen LogP contribution >= 0.6 is 31.9 Å². The summed E-state index contributed by atoms with van der Waals surface area (Å²) in [6.07, 6.45) is 3.42. The van der Waals surface area contributed by atoms with Crippen molar-refractivity contribution in [3.8, 4) is 0 Å². The Morgan fingerprint density at radius 3 is 1.15 bits per heavy atom. The van der Waals surface area contributed by atoms with Crippen LogP contribution in [0.4, 0.5) is 0 Å². The largest absolute Gasteiger partial charge is 2.00 e. The van der Waals surface area contributed by atoms with Crippen molar-refractivity contribution in [2.24, 2.45) is 0 Å². The first-order valence-electron chi connectivity index (χ1n) is 4.14. The minimum absolute atomic E-state index is 0. The van der Waals surface area contributed by atoms with Gasteiger partial charge in [0, 0.05) is 0 Å². The Kier molecular flexibility index (Phi) is 24.9. The molecule has 0 fully saturated rings. The molecule has 0 aromatic rings. The fourth-order valence-electron chi connectivity index (χ4n) is 0.454. The number of hydrogen-bond donors (Lipinski definition) is 0. The molecule has 0 saturated heterocycles. The molecule has 2 unspecified atom stereocenters. The first-order chi connectivity index (χ1) is 5.54. The maximum absolute atomic E-state index is 10.0. The third-order valence-corrected chi connectivity index (χ3v) is 1.95. The summed E-state index contributed by atoms with van der Waals surface area (Å²) < 4.78 is 0. The van der Waals surface area contributed by atoms with E-state index in [0.717, 1.165) is 25.7 Å². The van der Waals surface area contributed by atoms with Gasteiger partial charge in [0.1, 0.15) is 0 Å². The molecule has 0 aliphatic carbocycles. The average molecular weight is 328 g/mol. The van der Waals surface area contributed by atoms with Crippen molar-refractivity contribution in [2.75, 3.05) is 0 Å². The van der Waals surface area contributed by atoms with Crippen LogP contribution in [0.5, 0.6) is 0 Å². The summed E-state index contributed by atoms with van der Waals surface area (Å²) in [5, 5.41) is 19.0. The van der Waals surface area contributed by atoms with E-state index in [1.807, 2.05) is 13.8 Å². The van der Waals surface area contributed by atoms with E-state index in [-0.39, 0.29) is 23.1 Å². The summed E-state index contributed by atoms with van der Waals surface area (Å²) in [4.78, 5) is 0.